The first-order valence-electron chi connectivity index (χ1n) is 9.11. The van der Waals surface area contributed by atoms with E-state index in [2.05, 4.69) is 0 Å². The molecule has 148 valence electrons. The molecule has 0 spiro atoms. The predicted molar refractivity (Wildman–Crippen MR) is 110 cm³/mol. The number of thiazole rings is 1. The van der Waals surface area contributed by atoms with Crippen molar-refractivity contribution in [2.45, 2.75) is 32.8 Å². The van der Waals surface area contributed by atoms with E-state index >= 15 is 0 Å². The number of benzene rings is 1. The summed E-state index contributed by atoms with van der Waals surface area (Å²) in [5.41, 5.74) is 1.19. The quantitative estimate of drug-likeness (QED) is 0.581. The second-order valence-corrected chi connectivity index (χ2v) is 8.19. The Morgan fingerprint density at radius 3 is 2.89 bits per heavy atom. The van der Waals surface area contributed by atoms with Crippen LogP contribution in [0.15, 0.2) is 22.6 Å². The number of aryl methyl sites for hydroxylation is 2. The molecule has 0 bridgehead atoms. The fraction of sp³-hybridized carbons (Fsp3) is 0.400. The molecule has 1 aromatic carbocycles. The number of amides is 1. The molecule has 0 N–H and O–H groups in total. The average molecular weight is 421 g/mol. The van der Waals surface area contributed by atoms with Crippen molar-refractivity contribution in [3.05, 3.63) is 40.3 Å². The number of ether oxygens (including phenoxy) is 2. The molecule has 4 rings (SSSR count). The highest BCUT2D eigenvalue weighted by Gasteiger charge is 2.29. The molecule has 1 aliphatic heterocycles. The molecule has 6 nitrogen and oxygen atoms in total. The van der Waals surface area contributed by atoms with Crippen molar-refractivity contribution in [2.75, 3.05) is 25.2 Å². The van der Waals surface area contributed by atoms with Crippen LogP contribution >= 0.6 is 22.9 Å². The van der Waals surface area contributed by atoms with Gasteiger partial charge in [-0.25, -0.2) is 4.98 Å². The first-order valence-corrected chi connectivity index (χ1v) is 10.3. The summed E-state index contributed by atoms with van der Waals surface area (Å²) in [7, 11) is 1.59. The van der Waals surface area contributed by atoms with Crippen LogP contribution in [0.3, 0.4) is 0 Å². The number of halogens is 1. The smallest absolute Gasteiger partial charge is 0.263 e. The molecule has 1 unspecified atom stereocenters. The average Bonchev–Trinajstić information content (AvgIpc) is 3.39. The number of carbonyl (C=O) groups is 1. The van der Waals surface area contributed by atoms with E-state index in [1.165, 1.54) is 11.3 Å². The maximum atomic E-state index is 13.4. The van der Waals surface area contributed by atoms with Gasteiger partial charge in [0.1, 0.15) is 22.8 Å². The van der Waals surface area contributed by atoms with Gasteiger partial charge in [-0.2, -0.15) is 0 Å². The van der Waals surface area contributed by atoms with E-state index in [0.717, 1.165) is 24.1 Å². The number of hydrogen-bond acceptors (Lipinski definition) is 6. The van der Waals surface area contributed by atoms with Crippen LogP contribution in [0.5, 0.6) is 5.75 Å². The zero-order valence-corrected chi connectivity index (χ0v) is 17.5. The SMILES string of the molecule is COc1ccc(Cl)c2sc(N(CC3CCCO3)C(=O)c3cc(C)oc3C)nc12. The van der Waals surface area contributed by atoms with Crippen LogP contribution in [0.1, 0.15) is 34.7 Å². The normalized spacial score (nSPS) is 16.6. The van der Waals surface area contributed by atoms with Gasteiger partial charge in [0.2, 0.25) is 0 Å². The lowest BCUT2D eigenvalue weighted by Crippen LogP contribution is -2.37. The Kier molecular flexibility index (Phi) is 5.31. The number of anilines is 1. The zero-order chi connectivity index (χ0) is 19.8. The Morgan fingerprint density at radius 2 is 2.25 bits per heavy atom. The van der Waals surface area contributed by atoms with Crippen LogP contribution < -0.4 is 9.64 Å². The number of furan rings is 1. The lowest BCUT2D eigenvalue weighted by Gasteiger charge is -2.22. The highest BCUT2D eigenvalue weighted by Crippen LogP contribution is 2.39. The Labute approximate surface area is 172 Å². The largest absolute Gasteiger partial charge is 0.494 e. The van der Waals surface area contributed by atoms with Crippen molar-refractivity contribution in [1.82, 2.24) is 4.98 Å². The van der Waals surface area contributed by atoms with Gasteiger partial charge in [-0.1, -0.05) is 22.9 Å². The molecule has 2 aromatic heterocycles. The van der Waals surface area contributed by atoms with Gasteiger partial charge < -0.3 is 13.9 Å². The minimum absolute atomic E-state index is 0.0124. The number of aromatic nitrogens is 1. The summed E-state index contributed by atoms with van der Waals surface area (Å²) in [4.78, 5) is 19.8. The summed E-state index contributed by atoms with van der Waals surface area (Å²) < 4.78 is 17.6. The molecule has 1 atom stereocenters. The summed E-state index contributed by atoms with van der Waals surface area (Å²) in [5, 5.41) is 1.15. The molecule has 0 saturated carbocycles. The third-order valence-corrected chi connectivity index (χ3v) is 6.36. The lowest BCUT2D eigenvalue weighted by molar-refractivity contribution is 0.0916. The van der Waals surface area contributed by atoms with E-state index in [1.807, 2.05) is 6.92 Å². The van der Waals surface area contributed by atoms with Gasteiger partial charge in [0.05, 0.1) is 35.0 Å². The van der Waals surface area contributed by atoms with Gasteiger partial charge in [-0.15, -0.1) is 0 Å². The summed E-state index contributed by atoms with van der Waals surface area (Å²) in [6, 6.07) is 5.32. The van der Waals surface area contributed by atoms with Gasteiger partial charge in [0.15, 0.2) is 5.13 Å². The fourth-order valence-corrected chi connectivity index (χ4v) is 4.71. The molecule has 1 aliphatic rings. The molecule has 28 heavy (non-hydrogen) atoms. The van der Waals surface area contributed by atoms with Gasteiger partial charge in [-0.3, -0.25) is 9.69 Å². The molecule has 0 aliphatic carbocycles. The topological polar surface area (TPSA) is 64.8 Å². The summed E-state index contributed by atoms with van der Waals surface area (Å²) in [6.45, 7) is 4.78. The molecular weight excluding hydrogens is 400 g/mol. The van der Waals surface area contributed by atoms with Crippen LogP contribution in [-0.4, -0.2) is 37.3 Å². The number of hydrogen-bond donors (Lipinski definition) is 0. The van der Waals surface area contributed by atoms with E-state index in [4.69, 9.17) is 30.5 Å². The van der Waals surface area contributed by atoms with E-state index in [9.17, 15) is 4.79 Å². The monoisotopic (exact) mass is 420 g/mol. The van der Waals surface area contributed by atoms with Crippen LogP contribution in [0, 0.1) is 13.8 Å². The first-order chi connectivity index (χ1) is 13.5. The van der Waals surface area contributed by atoms with Gasteiger partial charge in [0, 0.05) is 6.61 Å². The maximum absolute atomic E-state index is 13.4. The van der Waals surface area contributed by atoms with E-state index < -0.39 is 0 Å². The fourth-order valence-electron chi connectivity index (χ4n) is 3.45. The number of carbonyl (C=O) groups excluding carboxylic acids is 1. The molecule has 3 heterocycles. The van der Waals surface area contributed by atoms with Gasteiger partial charge in [-0.05, 0) is 44.9 Å². The number of nitrogens with zero attached hydrogens (tertiary/aromatic N) is 2. The molecule has 1 amide bonds. The van der Waals surface area contributed by atoms with Crippen molar-refractivity contribution >= 4 is 44.2 Å². The number of methoxy groups -OCH3 is 1. The highest BCUT2D eigenvalue weighted by atomic mass is 35.5. The lowest BCUT2D eigenvalue weighted by atomic mass is 10.2. The van der Waals surface area contributed by atoms with Crippen LogP contribution in [0.4, 0.5) is 5.13 Å². The van der Waals surface area contributed by atoms with E-state index in [-0.39, 0.29) is 12.0 Å². The van der Waals surface area contributed by atoms with Crippen molar-refractivity contribution in [3.63, 3.8) is 0 Å². The molecule has 1 saturated heterocycles. The predicted octanol–water partition coefficient (Wildman–Crippen LogP) is 4.99. The minimum Gasteiger partial charge on any atom is -0.494 e. The third kappa shape index (κ3) is 3.50. The van der Waals surface area contributed by atoms with E-state index in [0.29, 0.717) is 45.0 Å². The van der Waals surface area contributed by atoms with Crippen LogP contribution in [0.25, 0.3) is 10.2 Å². The molecule has 3 aromatic rings. The van der Waals surface area contributed by atoms with Crippen LogP contribution in [-0.2, 0) is 4.74 Å². The Balaban J connectivity index is 1.78. The second kappa shape index (κ2) is 7.73. The summed E-state index contributed by atoms with van der Waals surface area (Å²) >= 11 is 7.75. The molecular formula is C20H21ClN2O4S. The molecule has 1 fully saturated rings. The Bertz CT molecular complexity index is 1020. The minimum atomic E-state index is -0.154. The Hall–Kier alpha value is -2.09. The summed E-state index contributed by atoms with van der Waals surface area (Å²) in [6.07, 6.45) is 1.90. The van der Waals surface area contributed by atoms with Crippen LogP contribution in [0.2, 0.25) is 5.02 Å². The molecule has 0 radical (unpaired) electrons. The standard InChI is InChI=1S/C20H21ClN2O4S/c1-11-9-14(12(2)27-11)19(24)23(10-13-5-4-8-26-13)20-22-17-16(25-3)7-6-15(21)18(17)28-20/h6-7,9,13H,4-5,8,10H2,1-3H3. The number of fused-ring (bicyclic) bond motifs is 1. The second-order valence-electron chi connectivity index (χ2n) is 6.80. The Morgan fingerprint density at radius 1 is 1.43 bits per heavy atom. The van der Waals surface area contributed by atoms with Crippen molar-refractivity contribution in [2.24, 2.45) is 0 Å². The van der Waals surface area contributed by atoms with Gasteiger partial charge in [0.25, 0.3) is 5.91 Å². The first kappa shape index (κ1) is 19.2. The highest BCUT2D eigenvalue weighted by molar-refractivity contribution is 7.23. The number of rotatable bonds is 5. The van der Waals surface area contributed by atoms with Crippen molar-refractivity contribution < 1.29 is 18.7 Å². The summed E-state index contributed by atoms with van der Waals surface area (Å²) in [5.74, 6) is 1.77. The molecule has 8 heteroatoms. The van der Waals surface area contributed by atoms with Crippen molar-refractivity contribution in [1.29, 1.82) is 0 Å². The van der Waals surface area contributed by atoms with E-state index in [1.54, 1.807) is 37.1 Å². The maximum Gasteiger partial charge on any atom is 0.263 e. The third-order valence-electron chi connectivity index (χ3n) is 4.82. The van der Waals surface area contributed by atoms with Crippen molar-refractivity contribution in [3.8, 4) is 5.75 Å². The zero-order valence-electron chi connectivity index (χ0n) is 16.0. The van der Waals surface area contributed by atoms with Gasteiger partial charge >= 0.3 is 0 Å².